The maximum Gasteiger partial charge on any atom is 0.144 e. The van der Waals surface area contributed by atoms with Gasteiger partial charge in [0.25, 0.3) is 0 Å². The zero-order chi connectivity index (χ0) is 12.3. The van der Waals surface area contributed by atoms with Gasteiger partial charge in [0.05, 0.1) is 10.2 Å². The molecule has 1 aliphatic carbocycles. The van der Waals surface area contributed by atoms with E-state index in [0.29, 0.717) is 5.92 Å². The molecule has 94 valence electrons. The van der Waals surface area contributed by atoms with Crippen LogP contribution in [0.25, 0.3) is 0 Å². The fourth-order valence-electron chi connectivity index (χ4n) is 1.87. The van der Waals surface area contributed by atoms with Crippen molar-refractivity contribution in [2.75, 3.05) is 11.9 Å². The minimum absolute atomic E-state index is 0.658. The summed E-state index contributed by atoms with van der Waals surface area (Å²) in [6, 6.07) is 0. The van der Waals surface area contributed by atoms with Crippen molar-refractivity contribution < 1.29 is 0 Å². The maximum absolute atomic E-state index is 4.72. The molecule has 0 aliphatic heterocycles. The van der Waals surface area contributed by atoms with E-state index in [4.69, 9.17) is 4.98 Å². The highest BCUT2D eigenvalue weighted by Gasteiger charge is 2.29. The molecule has 0 atom stereocenters. The van der Waals surface area contributed by atoms with E-state index in [0.717, 1.165) is 35.5 Å². The average Bonchev–Trinajstić information content (AvgIpc) is 3.14. The smallest absolute Gasteiger partial charge is 0.144 e. The Bertz CT molecular complexity index is 388. The van der Waals surface area contributed by atoms with Crippen LogP contribution in [0.15, 0.2) is 4.47 Å². The molecular weight excluding hydrogens is 278 g/mol. The van der Waals surface area contributed by atoms with Gasteiger partial charge in [0.2, 0.25) is 0 Å². The number of aromatic nitrogens is 2. The third-order valence-electron chi connectivity index (χ3n) is 2.99. The summed E-state index contributed by atoms with van der Waals surface area (Å²) in [6.45, 7) is 5.19. The summed E-state index contributed by atoms with van der Waals surface area (Å²) in [5.41, 5.74) is 1.21. The first-order chi connectivity index (χ1) is 8.26. The van der Waals surface area contributed by atoms with Gasteiger partial charge in [-0.2, -0.15) is 0 Å². The first-order valence-corrected chi connectivity index (χ1v) is 7.35. The fourth-order valence-corrected chi connectivity index (χ4v) is 2.51. The first-order valence-electron chi connectivity index (χ1n) is 6.56. The number of nitrogens with one attached hydrogen (secondary N) is 1. The normalized spacial score (nSPS) is 15.0. The summed E-state index contributed by atoms with van der Waals surface area (Å²) in [5, 5.41) is 3.32. The van der Waals surface area contributed by atoms with E-state index in [2.05, 4.69) is 40.1 Å². The van der Waals surface area contributed by atoms with E-state index in [1.807, 2.05) is 0 Å². The summed E-state index contributed by atoms with van der Waals surface area (Å²) in [5.74, 6) is 2.62. The molecule has 0 spiro atoms. The lowest BCUT2D eigenvalue weighted by Gasteiger charge is -2.11. The van der Waals surface area contributed by atoms with Crippen molar-refractivity contribution in [1.82, 2.24) is 9.97 Å². The molecule has 1 aromatic rings. The Balaban J connectivity index is 2.26. The van der Waals surface area contributed by atoms with Crippen LogP contribution in [0.2, 0.25) is 0 Å². The predicted molar refractivity (Wildman–Crippen MR) is 74.5 cm³/mol. The zero-order valence-electron chi connectivity index (χ0n) is 10.6. The van der Waals surface area contributed by atoms with Gasteiger partial charge in [-0.05, 0) is 42.1 Å². The Morgan fingerprint density at radius 2 is 2.06 bits per heavy atom. The van der Waals surface area contributed by atoms with E-state index in [9.17, 15) is 0 Å². The van der Waals surface area contributed by atoms with Gasteiger partial charge in [-0.15, -0.1) is 0 Å². The van der Waals surface area contributed by atoms with E-state index >= 15 is 0 Å². The van der Waals surface area contributed by atoms with Gasteiger partial charge in [0.15, 0.2) is 0 Å². The molecule has 0 aromatic carbocycles. The van der Waals surface area contributed by atoms with Crippen LogP contribution >= 0.6 is 15.9 Å². The molecule has 0 bridgehead atoms. The number of hydrogen-bond acceptors (Lipinski definition) is 3. The number of anilines is 1. The average molecular weight is 298 g/mol. The number of unbranched alkanes of at least 4 members (excludes halogenated alkanes) is 1. The van der Waals surface area contributed by atoms with Crippen LogP contribution < -0.4 is 5.32 Å². The van der Waals surface area contributed by atoms with E-state index in [-0.39, 0.29) is 0 Å². The Morgan fingerprint density at radius 1 is 1.29 bits per heavy atom. The monoisotopic (exact) mass is 297 g/mol. The van der Waals surface area contributed by atoms with Gasteiger partial charge < -0.3 is 5.32 Å². The second-order valence-corrected chi connectivity index (χ2v) is 5.39. The molecule has 1 aromatic heterocycles. The molecule has 0 amide bonds. The molecule has 1 aliphatic rings. The van der Waals surface area contributed by atoms with E-state index in [1.165, 1.54) is 25.0 Å². The summed E-state index contributed by atoms with van der Waals surface area (Å²) in [4.78, 5) is 9.32. The van der Waals surface area contributed by atoms with Crippen LogP contribution in [-0.2, 0) is 6.42 Å². The lowest BCUT2D eigenvalue weighted by molar-refractivity contribution is 0.741. The molecule has 0 saturated heterocycles. The van der Waals surface area contributed by atoms with Crippen LogP contribution in [0.4, 0.5) is 5.82 Å². The lowest BCUT2D eigenvalue weighted by Crippen LogP contribution is -2.07. The van der Waals surface area contributed by atoms with E-state index < -0.39 is 0 Å². The Labute approximate surface area is 112 Å². The van der Waals surface area contributed by atoms with Gasteiger partial charge in [0.1, 0.15) is 11.6 Å². The Kier molecular flexibility index (Phi) is 4.37. The fraction of sp³-hybridized carbons (Fsp3) is 0.692. The topological polar surface area (TPSA) is 37.8 Å². The zero-order valence-corrected chi connectivity index (χ0v) is 12.2. The summed E-state index contributed by atoms with van der Waals surface area (Å²) in [7, 11) is 0. The minimum atomic E-state index is 0.658. The van der Waals surface area contributed by atoms with Gasteiger partial charge >= 0.3 is 0 Å². The SMILES string of the molecule is CCCCc1nc(NCC)c(Br)c(C2CC2)n1. The van der Waals surface area contributed by atoms with Gasteiger partial charge in [-0.1, -0.05) is 13.3 Å². The van der Waals surface area contributed by atoms with Gasteiger partial charge in [-0.3, -0.25) is 0 Å². The van der Waals surface area contributed by atoms with Crippen molar-refractivity contribution >= 4 is 21.7 Å². The molecule has 2 rings (SSSR count). The van der Waals surface area contributed by atoms with Crippen molar-refractivity contribution in [2.24, 2.45) is 0 Å². The molecule has 17 heavy (non-hydrogen) atoms. The largest absolute Gasteiger partial charge is 0.369 e. The summed E-state index contributed by atoms with van der Waals surface area (Å²) < 4.78 is 1.07. The highest BCUT2D eigenvalue weighted by atomic mass is 79.9. The molecule has 3 nitrogen and oxygen atoms in total. The number of nitrogens with zero attached hydrogens (tertiary/aromatic N) is 2. The Morgan fingerprint density at radius 3 is 2.65 bits per heavy atom. The van der Waals surface area contributed by atoms with Crippen LogP contribution in [0.5, 0.6) is 0 Å². The molecule has 0 unspecified atom stereocenters. The quantitative estimate of drug-likeness (QED) is 0.865. The van der Waals surface area contributed by atoms with E-state index in [1.54, 1.807) is 0 Å². The van der Waals surface area contributed by atoms with Crippen LogP contribution in [-0.4, -0.2) is 16.5 Å². The molecule has 4 heteroatoms. The Hall–Kier alpha value is -0.640. The number of rotatable bonds is 6. The summed E-state index contributed by atoms with van der Waals surface area (Å²) in [6.07, 6.45) is 5.89. The maximum atomic E-state index is 4.72. The third-order valence-corrected chi connectivity index (χ3v) is 3.77. The molecule has 1 heterocycles. The molecule has 1 saturated carbocycles. The number of hydrogen-bond donors (Lipinski definition) is 1. The highest BCUT2D eigenvalue weighted by molar-refractivity contribution is 9.10. The van der Waals surface area contributed by atoms with Gasteiger partial charge in [-0.25, -0.2) is 9.97 Å². The lowest BCUT2D eigenvalue weighted by atomic mass is 10.2. The van der Waals surface area contributed by atoms with Crippen LogP contribution in [0, 0.1) is 0 Å². The predicted octanol–water partition coefficient (Wildman–Crippen LogP) is 3.89. The van der Waals surface area contributed by atoms with Crippen molar-refractivity contribution in [3.63, 3.8) is 0 Å². The number of aryl methyl sites for hydroxylation is 1. The minimum Gasteiger partial charge on any atom is -0.369 e. The van der Waals surface area contributed by atoms with Crippen molar-refractivity contribution in [3.8, 4) is 0 Å². The van der Waals surface area contributed by atoms with Crippen molar-refractivity contribution in [1.29, 1.82) is 0 Å². The second-order valence-electron chi connectivity index (χ2n) is 4.60. The highest BCUT2D eigenvalue weighted by Crippen LogP contribution is 2.43. The molecule has 1 N–H and O–H groups in total. The number of halogens is 1. The molecule has 1 fully saturated rings. The van der Waals surface area contributed by atoms with Crippen LogP contribution in [0.3, 0.4) is 0 Å². The van der Waals surface area contributed by atoms with Crippen molar-refractivity contribution in [2.45, 2.75) is 51.9 Å². The second kappa shape index (κ2) is 5.80. The standard InChI is InChI=1S/C13H20BrN3/c1-3-5-6-10-16-12(9-7-8-9)11(14)13(17-10)15-4-2/h9H,3-8H2,1-2H3,(H,15,16,17). The molecule has 0 radical (unpaired) electrons. The van der Waals surface area contributed by atoms with Crippen molar-refractivity contribution in [3.05, 3.63) is 16.0 Å². The summed E-state index contributed by atoms with van der Waals surface area (Å²) >= 11 is 3.64. The van der Waals surface area contributed by atoms with Crippen LogP contribution in [0.1, 0.15) is 57.0 Å². The third kappa shape index (κ3) is 3.18. The first kappa shape index (κ1) is 12.8. The molecular formula is C13H20BrN3. The van der Waals surface area contributed by atoms with Gasteiger partial charge in [0, 0.05) is 18.9 Å².